The lowest BCUT2D eigenvalue weighted by atomic mass is 9.98. The van der Waals surface area contributed by atoms with E-state index in [2.05, 4.69) is 29.4 Å². The zero-order valence-corrected chi connectivity index (χ0v) is 14.5. The Bertz CT molecular complexity index is 554. The molecule has 0 bridgehead atoms. The lowest BCUT2D eigenvalue weighted by molar-refractivity contribution is -0.384. The van der Waals surface area contributed by atoms with E-state index in [0.29, 0.717) is 5.11 Å². The molecule has 0 spiro atoms. The number of nitro groups is 1. The number of hydrogen-bond donors (Lipinski definition) is 2. The number of piperidine rings is 1. The van der Waals surface area contributed by atoms with Gasteiger partial charge in [-0.2, -0.15) is 0 Å². The second kappa shape index (κ2) is 7.70. The van der Waals surface area contributed by atoms with Gasteiger partial charge in [0.25, 0.3) is 5.69 Å². The zero-order chi connectivity index (χ0) is 16.9. The van der Waals surface area contributed by atoms with Crippen LogP contribution in [0.5, 0.6) is 0 Å². The Balaban J connectivity index is 1.83. The molecular formula is C16H24N4O2S. The lowest BCUT2D eigenvalue weighted by Gasteiger charge is -2.41. The Morgan fingerprint density at radius 1 is 1.26 bits per heavy atom. The summed E-state index contributed by atoms with van der Waals surface area (Å²) in [5.41, 5.74) is 0.853. The van der Waals surface area contributed by atoms with Gasteiger partial charge in [-0.05, 0) is 64.1 Å². The van der Waals surface area contributed by atoms with Gasteiger partial charge in [-0.1, -0.05) is 6.42 Å². The highest BCUT2D eigenvalue weighted by molar-refractivity contribution is 7.80. The van der Waals surface area contributed by atoms with Crippen molar-refractivity contribution in [1.29, 1.82) is 0 Å². The van der Waals surface area contributed by atoms with Crippen molar-refractivity contribution in [3.8, 4) is 0 Å². The predicted octanol–water partition coefficient (Wildman–Crippen LogP) is 3.15. The molecule has 1 fully saturated rings. The number of thiocarbonyl (C=S) groups is 1. The van der Waals surface area contributed by atoms with Gasteiger partial charge in [-0.25, -0.2) is 0 Å². The summed E-state index contributed by atoms with van der Waals surface area (Å²) in [5.74, 6) is 0. The molecule has 1 saturated heterocycles. The van der Waals surface area contributed by atoms with Crippen molar-refractivity contribution in [1.82, 2.24) is 10.2 Å². The highest BCUT2D eigenvalue weighted by Crippen LogP contribution is 2.20. The lowest BCUT2D eigenvalue weighted by Crippen LogP contribution is -2.53. The molecule has 126 valence electrons. The van der Waals surface area contributed by atoms with Crippen molar-refractivity contribution in [3.05, 3.63) is 34.4 Å². The molecule has 1 heterocycles. The number of rotatable bonds is 5. The molecule has 7 heteroatoms. The van der Waals surface area contributed by atoms with Crippen molar-refractivity contribution in [2.24, 2.45) is 0 Å². The van der Waals surface area contributed by atoms with Crippen molar-refractivity contribution in [3.63, 3.8) is 0 Å². The maximum Gasteiger partial charge on any atom is 0.269 e. The predicted molar refractivity (Wildman–Crippen MR) is 96.8 cm³/mol. The Labute approximate surface area is 142 Å². The van der Waals surface area contributed by atoms with Crippen LogP contribution >= 0.6 is 12.2 Å². The number of benzene rings is 1. The quantitative estimate of drug-likeness (QED) is 0.489. The van der Waals surface area contributed by atoms with Crippen LogP contribution in [-0.4, -0.2) is 40.1 Å². The monoisotopic (exact) mass is 336 g/mol. The Kier molecular flexibility index (Phi) is 5.90. The summed E-state index contributed by atoms with van der Waals surface area (Å²) in [6.45, 7) is 7.47. The Morgan fingerprint density at radius 3 is 2.43 bits per heavy atom. The molecule has 0 saturated carbocycles. The normalized spacial score (nSPS) is 15.9. The van der Waals surface area contributed by atoms with Crippen LogP contribution in [0, 0.1) is 10.1 Å². The van der Waals surface area contributed by atoms with Crippen molar-refractivity contribution < 1.29 is 4.92 Å². The van der Waals surface area contributed by atoms with E-state index in [1.54, 1.807) is 12.1 Å². The molecule has 1 aliphatic rings. The number of nitrogens with zero attached hydrogens (tertiary/aromatic N) is 2. The SMILES string of the molecule is CC(C)(CNC(=S)Nc1ccc([N+](=O)[O-])cc1)N1CCCCC1. The van der Waals surface area contributed by atoms with E-state index in [9.17, 15) is 10.1 Å². The van der Waals surface area contributed by atoms with Gasteiger partial charge in [-0.3, -0.25) is 15.0 Å². The first-order chi connectivity index (χ1) is 10.9. The average molecular weight is 336 g/mol. The van der Waals surface area contributed by atoms with Gasteiger partial charge >= 0.3 is 0 Å². The summed E-state index contributed by atoms with van der Waals surface area (Å²) in [6, 6.07) is 6.23. The highest BCUT2D eigenvalue weighted by atomic mass is 32.1. The first-order valence-electron chi connectivity index (χ1n) is 7.93. The number of anilines is 1. The number of likely N-dealkylation sites (tertiary alicyclic amines) is 1. The molecule has 1 aromatic rings. The van der Waals surface area contributed by atoms with Gasteiger partial charge in [0.2, 0.25) is 0 Å². The molecule has 2 rings (SSSR count). The molecule has 0 amide bonds. The van der Waals surface area contributed by atoms with Crippen LogP contribution in [0.4, 0.5) is 11.4 Å². The van der Waals surface area contributed by atoms with E-state index < -0.39 is 4.92 Å². The molecule has 1 aliphatic heterocycles. The Hall–Kier alpha value is -1.73. The number of nitro benzene ring substituents is 1. The van der Waals surface area contributed by atoms with Gasteiger partial charge in [-0.15, -0.1) is 0 Å². The fourth-order valence-electron chi connectivity index (χ4n) is 2.75. The van der Waals surface area contributed by atoms with Crippen LogP contribution in [0.1, 0.15) is 33.1 Å². The summed E-state index contributed by atoms with van der Waals surface area (Å²) in [5, 5.41) is 17.5. The van der Waals surface area contributed by atoms with E-state index in [-0.39, 0.29) is 11.2 Å². The van der Waals surface area contributed by atoms with Gasteiger partial charge in [0.1, 0.15) is 0 Å². The maximum absolute atomic E-state index is 10.6. The smallest absolute Gasteiger partial charge is 0.269 e. The number of hydrogen-bond acceptors (Lipinski definition) is 4. The van der Waals surface area contributed by atoms with Crippen LogP contribution in [0.25, 0.3) is 0 Å². The summed E-state index contributed by atoms with van der Waals surface area (Å²) >= 11 is 5.32. The molecule has 6 nitrogen and oxygen atoms in total. The third kappa shape index (κ3) is 5.14. The van der Waals surface area contributed by atoms with Gasteiger partial charge in [0.15, 0.2) is 5.11 Å². The van der Waals surface area contributed by atoms with Crippen LogP contribution in [0.2, 0.25) is 0 Å². The minimum Gasteiger partial charge on any atom is -0.361 e. The first kappa shape index (κ1) is 17.6. The van der Waals surface area contributed by atoms with Gasteiger partial charge in [0.05, 0.1) is 4.92 Å². The third-order valence-corrected chi connectivity index (χ3v) is 4.48. The number of non-ortho nitro benzene ring substituents is 1. The summed E-state index contributed by atoms with van der Waals surface area (Å²) in [6.07, 6.45) is 3.84. The topological polar surface area (TPSA) is 70.4 Å². The Morgan fingerprint density at radius 2 is 1.87 bits per heavy atom. The third-order valence-electron chi connectivity index (χ3n) is 4.23. The van der Waals surface area contributed by atoms with E-state index in [4.69, 9.17) is 12.2 Å². The molecule has 2 N–H and O–H groups in total. The van der Waals surface area contributed by atoms with Crippen molar-refractivity contribution in [2.45, 2.75) is 38.6 Å². The van der Waals surface area contributed by atoms with E-state index in [0.717, 1.165) is 25.3 Å². The van der Waals surface area contributed by atoms with Crippen LogP contribution < -0.4 is 10.6 Å². The molecule has 1 aromatic carbocycles. The second-order valence-electron chi connectivity index (χ2n) is 6.47. The average Bonchev–Trinajstić information content (AvgIpc) is 2.54. The molecule has 0 aromatic heterocycles. The van der Waals surface area contributed by atoms with Crippen LogP contribution in [-0.2, 0) is 0 Å². The molecule has 0 aliphatic carbocycles. The molecule has 23 heavy (non-hydrogen) atoms. The molecule has 0 unspecified atom stereocenters. The number of nitrogens with one attached hydrogen (secondary N) is 2. The van der Waals surface area contributed by atoms with E-state index in [1.807, 2.05) is 0 Å². The molecular weight excluding hydrogens is 312 g/mol. The summed E-state index contributed by atoms with van der Waals surface area (Å²) in [7, 11) is 0. The van der Waals surface area contributed by atoms with Gasteiger partial charge in [0, 0.05) is 29.9 Å². The fourth-order valence-corrected chi connectivity index (χ4v) is 2.94. The fraction of sp³-hybridized carbons (Fsp3) is 0.562. The van der Waals surface area contributed by atoms with Gasteiger partial charge < -0.3 is 10.6 Å². The molecule has 0 atom stereocenters. The van der Waals surface area contributed by atoms with E-state index in [1.165, 1.54) is 31.4 Å². The van der Waals surface area contributed by atoms with Crippen LogP contribution in [0.15, 0.2) is 24.3 Å². The van der Waals surface area contributed by atoms with E-state index >= 15 is 0 Å². The second-order valence-corrected chi connectivity index (χ2v) is 6.88. The first-order valence-corrected chi connectivity index (χ1v) is 8.34. The summed E-state index contributed by atoms with van der Waals surface area (Å²) < 4.78 is 0. The van der Waals surface area contributed by atoms with Crippen molar-refractivity contribution >= 4 is 28.7 Å². The van der Waals surface area contributed by atoms with Crippen molar-refractivity contribution in [2.75, 3.05) is 25.0 Å². The summed E-state index contributed by atoms with van der Waals surface area (Å²) in [4.78, 5) is 12.7. The minimum absolute atomic E-state index is 0.0433. The zero-order valence-electron chi connectivity index (χ0n) is 13.7. The molecule has 0 radical (unpaired) electrons. The highest BCUT2D eigenvalue weighted by Gasteiger charge is 2.27. The van der Waals surface area contributed by atoms with Crippen LogP contribution in [0.3, 0.4) is 0 Å². The maximum atomic E-state index is 10.6. The standard InChI is InChI=1S/C16H24N4O2S/c1-16(2,19-10-4-3-5-11-19)12-17-15(23)18-13-6-8-14(9-7-13)20(21)22/h6-9H,3-5,10-12H2,1-2H3,(H2,17,18,23). The minimum atomic E-state index is -0.415. The largest absolute Gasteiger partial charge is 0.361 e.